The summed E-state index contributed by atoms with van der Waals surface area (Å²) < 4.78 is 0. The highest BCUT2D eigenvalue weighted by Gasteiger charge is 2.37. The van der Waals surface area contributed by atoms with E-state index in [0.717, 1.165) is 55.0 Å². The molecule has 150 valence electrons. The Balaban J connectivity index is 1.35. The lowest BCUT2D eigenvalue weighted by Crippen LogP contribution is -2.46. The molecule has 1 aromatic heterocycles. The Bertz CT molecular complexity index is 1050. The van der Waals surface area contributed by atoms with Crippen LogP contribution in [-0.4, -0.2) is 34.9 Å². The molecule has 2 aliphatic heterocycles. The van der Waals surface area contributed by atoms with Gasteiger partial charge in [0.05, 0.1) is 17.0 Å². The van der Waals surface area contributed by atoms with Gasteiger partial charge in [-0.05, 0) is 42.7 Å². The number of rotatable bonds is 4. The maximum atomic E-state index is 13.5. The number of carbonyl (C=O) groups excluding carboxylic acids is 1. The molecule has 0 N–H and O–H groups in total. The minimum absolute atomic E-state index is 0.100. The Morgan fingerprint density at radius 1 is 0.900 bits per heavy atom. The van der Waals surface area contributed by atoms with Crippen molar-refractivity contribution >= 4 is 23.2 Å². The van der Waals surface area contributed by atoms with E-state index in [4.69, 9.17) is 0 Å². The number of fused-ring (bicyclic) bond motifs is 1. The van der Waals surface area contributed by atoms with E-state index >= 15 is 0 Å². The molecular formula is C26H25N3O. The number of aromatic nitrogens is 1. The fourth-order valence-electron chi connectivity index (χ4n) is 4.55. The molecule has 0 aliphatic carbocycles. The molecule has 0 radical (unpaired) electrons. The summed E-state index contributed by atoms with van der Waals surface area (Å²) in [6.07, 6.45) is 5.66. The summed E-state index contributed by atoms with van der Waals surface area (Å²) >= 11 is 0. The Labute approximate surface area is 177 Å². The predicted octanol–water partition coefficient (Wildman–Crippen LogP) is 4.63. The van der Waals surface area contributed by atoms with Crippen molar-refractivity contribution < 1.29 is 4.79 Å². The molecule has 0 atom stereocenters. The van der Waals surface area contributed by atoms with Crippen LogP contribution in [0.1, 0.15) is 29.7 Å². The second-order valence-electron chi connectivity index (χ2n) is 8.00. The summed E-state index contributed by atoms with van der Waals surface area (Å²) in [5, 5.41) is 0. The lowest BCUT2D eigenvalue weighted by Gasteiger charge is -2.37. The van der Waals surface area contributed by atoms with E-state index < -0.39 is 0 Å². The van der Waals surface area contributed by atoms with Crippen molar-refractivity contribution in [3.05, 3.63) is 95.8 Å². The molecule has 5 rings (SSSR count). The number of benzene rings is 2. The van der Waals surface area contributed by atoms with Gasteiger partial charge in [0, 0.05) is 37.4 Å². The topological polar surface area (TPSA) is 36.4 Å². The highest BCUT2D eigenvalue weighted by atomic mass is 16.2. The number of anilines is 1. The molecule has 4 nitrogen and oxygen atoms in total. The fourth-order valence-corrected chi connectivity index (χ4v) is 4.55. The van der Waals surface area contributed by atoms with Crippen LogP contribution in [-0.2, 0) is 11.3 Å². The van der Waals surface area contributed by atoms with Gasteiger partial charge in [0.1, 0.15) is 0 Å². The third-order valence-electron chi connectivity index (χ3n) is 6.05. The lowest BCUT2D eigenvalue weighted by atomic mass is 10.0. The summed E-state index contributed by atoms with van der Waals surface area (Å²) in [5.74, 6) is 0.100. The van der Waals surface area contributed by atoms with E-state index in [-0.39, 0.29) is 11.9 Å². The molecular weight excluding hydrogens is 370 g/mol. The van der Waals surface area contributed by atoms with E-state index in [0.29, 0.717) is 0 Å². The fraction of sp³-hybridized carbons (Fsp3) is 0.231. The van der Waals surface area contributed by atoms with Crippen molar-refractivity contribution in [2.45, 2.75) is 25.4 Å². The summed E-state index contributed by atoms with van der Waals surface area (Å²) in [4.78, 5) is 22.4. The van der Waals surface area contributed by atoms with Gasteiger partial charge in [0.2, 0.25) is 0 Å². The van der Waals surface area contributed by atoms with Crippen LogP contribution >= 0.6 is 0 Å². The van der Waals surface area contributed by atoms with Gasteiger partial charge in [0.15, 0.2) is 0 Å². The summed E-state index contributed by atoms with van der Waals surface area (Å²) in [6, 6.07) is 24.8. The highest BCUT2D eigenvalue weighted by molar-refractivity contribution is 6.35. The van der Waals surface area contributed by atoms with Gasteiger partial charge >= 0.3 is 0 Å². The molecule has 3 aromatic rings. The largest absolute Gasteiger partial charge is 0.305 e. The number of carbonyl (C=O) groups is 1. The van der Waals surface area contributed by atoms with Crippen molar-refractivity contribution in [1.82, 2.24) is 9.88 Å². The number of nitrogens with zero attached hydrogens (tertiary/aromatic N) is 3. The second kappa shape index (κ2) is 8.25. The first-order valence-electron chi connectivity index (χ1n) is 10.6. The Morgan fingerprint density at radius 3 is 2.40 bits per heavy atom. The lowest BCUT2D eigenvalue weighted by molar-refractivity contribution is -0.113. The molecule has 0 spiro atoms. The van der Waals surface area contributed by atoms with Crippen LogP contribution in [0.2, 0.25) is 0 Å². The molecule has 0 unspecified atom stereocenters. The van der Waals surface area contributed by atoms with Crippen molar-refractivity contribution in [2.24, 2.45) is 0 Å². The summed E-state index contributed by atoms with van der Waals surface area (Å²) in [6.45, 7) is 2.98. The Morgan fingerprint density at radius 2 is 1.63 bits per heavy atom. The quantitative estimate of drug-likeness (QED) is 0.604. The third kappa shape index (κ3) is 3.66. The minimum Gasteiger partial charge on any atom is -0.305 e. The summed E-state index contributed by atoms with van der Waals surface area (Å²) in [5.41, 5.74) is 4.95. The number of para-hydroxylation sites is 1. The molecule has 4 heteroatoms. The number of likely N-dealkylation sites (tertiary alicyclic amines) is 1. The second-order valence-corrected chi connectivity index (χ2v) is 8.00. The average molecular weight is 396 g/mol. The number of hydrogen-bond acceptors (Lipinski definition) is 3. The van der Waals surface area contributed by atoms with Gasteiger partial charge in [-0.25, -0.2) is 0 Å². The molecule has 1 saturated heterocycles. The van der Waals surface area contributed by atoms with Crippen molar-refractivity contribution in [2.75, 3.05) is 18.0 Å². The van der Waals surface area contributed by atoms with Gasteiger partial charge in [-0.1, -0.05) is 54.6 Å². The molecule has 2 aromatic carbocycles. The Hall–Kier alpha value is -3.24. The smallest absolute Gasteiger partial charge is 0.259 e. The zero-order valence-corrected chi connectivity index (χ0v) is 16.9. The van der Waals surface area contributed by atoms with Crippen LogP contribution in [0.5, 0.6) is 0 Å². The SMILES string of the molecule is O=C1/C(=C\c2ccccn2)c2ccccc2N1C1CCN(Cc2ccccc2)CC1. The average Bonchev–Trinajstić information content (AvgIpc) is 3.07. The van der Waals surface area contributed by atoms with E-state index in [1.54, 1.807) is 6.20 Å². The van der Waals surface area contributed by atoms with Crippen LogP contribution in [0.4, 0.5) is 5.69 Å². The summed E-state index contributed by atoms with van der Waals surface area (Å²) in [7, 11) is 0. The number of amides is 1. The predicted molar refractivity (Wildman–Crippen MR) is 121 cm³/mol. The van der Waals surface area contributed by atoms with Crippen LogP contribution in [0.3, 0.4) is 0 Å². The van der Waals surface area contributed by atoms with E-state index in [2.05, 4.69) is 46.3 Å². The first-order chi connectivity index (χ1) is 14.8. The zero-order chi connectivity index (χ0) is 20.3. The van der Waals surface area contributed by atoms with Crippen LogP contribution in [0.25, 0.3) is 11.6 Å². The van der Waals surface area contributed by atoms with Crippen molar-refractivity contribution in [3.63, 3.8) is 0 Å². The normalized spacial score (nSPS) is 18.7. The molecule has 1 fully saturated rings. The molecule has 3 heterocycles. The van der Waals surface area contributed by atoms with Gasteiger partial charge in [-0.15, -0.1) is 0 Å². The minimum atomic E-state index is 0.100. The maximum absolute atomic E-state index is 13.5. The highest BCUT2D eigenvalue weighted by Crippen LogP contribution is 2.40. The standard InChI is InChI=1S/C26H25N3O/c30-26-24(18-21-10-6-7-15-27-21)23-11-4-5-12-25(23)29(26)22-13-16-28(17-14-22)19-20-8-2-1-3-9-20/h1-12,15,18,22H,13-14,16-17,19H2/b24-18-. The van der Waals surface area contributed by atoms with Crippen LogP contribution in [0, 0.1) is 0 Å². The van der Waals surface area contributed by atoms with E-state index in [9.17, 15) is 4.79 Å². The van der Waals surface area contributed by atoms with E-state index in [1.165, 1.54) is 5.56 Å². The molecule has 2 aliphatic rings. The first kappa shape index (κ1) is 18.8. The number of hydrogen-bond donors (Lipinski definition) is 0. The first-order valence-corrected chi connectivity index (χ1v) is 10.6. The number of pyridine rings is 1. The molecule has 30 heavy (non-hydrogen) atoms. The zero-order valence-electron chi connectivity index (χ0n) is 16.9. The van der Waals surface area contributed by atoms with Gasteiger partial charge in [0.25, 0.3) is 5.91 Å². The third-order valence-corrected chi connectivity index (χ3v) is 6.05. The van der Waals surface area contributed by atoms with Crippen LogP contribution < -0.4 is 4.90 Å². The monoisotopic (exact) mass is 395 g/mol. The van der Waals surface area contributed by atoms with Crippen molar-refractivity contribution in [1.29, 1.82) is 0 Å². The van der Waals surface area contributed by atoms with E-state index in [1.807, 2.05) is 47.4 Å². The molecule has 0 saturated carbocycles. The number of piperidine rings is 1. The molecule has 0 bridgehead atoms. The Kier molecular flexibility index (Phi) is 5.16. The van der Waals surface area contributed by atoms with Gasteiger partial charge < -0.3 is 4.90 Å². The maximum Gasteiger partial charge on any atom is 0.259 e. The van der Waals surface area contributed by atoms with Crippen LogP contribution in [0.15, 0.2) is 79.0 Å². The molecule has 1 amide bonds. The van der Waals surface area contributed by atoms with Gasteiger partial charge in [-0.3, -0.25) is 14.7 Å². The van der Waals surface area contributed by atoms with Crippen molar-refractivity contribution in [3.8, 4) is 0 Å². The van der Waals surface area contributed by atoms with Gasteiger partial charge in [-0.2, -0.15) is 0 Å².